The Morgan fingerprint density at radius 3 is 2.58 bits per heavy atom. The molecule has 1 atom stereocenters. The van der Waals surface area contributed by atoms with Gasteiger partial charge in [0.25, 0.3) is 0 Å². The number of methoxy groups -OCH3 is 1. The van der Waals surface area contributed by atoms with E-state index in [1.807, 2.05) is 22.7 Å². The summed E-state index contributed by atoms with van der Waals surface area (Å²) in [5.74, 6) is -0.331. The number of carbonyl (C=O) groups is 2. The van der Waals surface area contributed by atoms with Crippen LogP contribution in [0, 0.1) is 0 Å². The molecule has 230 valence electrons. The first kappa shape index (κ1) is 33.3. The van der Waals surface area contributed by atoms with Crippen LogP contribution in [0.5, 0.6) is 0 Å². The molecule has 1 unspecified atom stereocenters. The highest BCUT2D eigenvalue weighted by molar-refractivity contribution is 8.16. The van der Waals surface area contributed by atoms with Crippen LogP contribution in [0.2, 0.25) is 18.1 Å². The normalized spacial score (nSPS) is 15.0. The highest BCUT2D eigenvalue weighted by Gasteiger charge is 2.39. The van der Waals surface area contributed by atoms with Crippen molar-refractivity contribution < 1.29 is 18.8 Å². The molecule has 0 bridgehead atoms. The van der Waals surface area contributed by atoms with E-state index in [2.05, 4.69) is 87.1 Å². The number of hydrogen-bond acceptors (Lipinski definition) is 8. The van der Waals surface area contributed by atoms with Crippen LogP contribution in [0.15, 0.2) is 64.8 Å². The number of benzene rings is 1. The van der Waals surface area contributed by atoms with Gasteiger partial charge < -0.3 is 9.16 Å². The lowest BCUT2D eigenvalue weighted by molar-refractivity contribution is 0.0567. The molecule has 0 aliphatic carbocycles. The van der Waals surface area contributed by atoms with Crippen molar-refractivity contribution in [2.24, 2.45) is 0 Å². The van der Waals surface area contributed by atoms with Crippen molar-refractivity contribution in [1.82, 2.24) is 10.0 Å². The number of thiophene rings is 2. The van der Waals surface area contributed by atoms with Crippen molar-refractivity contribution >= 4 is 66.1 Å². The molecule has 43 heavy (non-hydrogen) atoms. The number of amides is 1. The Morgan fingerprint density at radius 1 is 1.07 bits per heavy atom. The third-order valence-electron chi connectivity index (χ3n) is 7.91. The van der Waals surface area contributed by atoms with Gasteiger partial charge in [-0.05, 0) is 93.8 Å². The van der Waals surface area contributed by atoms with Gasteiger partial charge in [0.2, 0.25) is 0 Å². The van der Waals surface area contributed by atoms with Crippen LogP contribution in [0.25, 0.3) is 12.2 Å². The Balaban J connectivity index is 1.46. The molecule has 0 fully saturated rings. The predicted molar refractivity (Wildman–Crippen MR) is 185 cm³/mol. The molecule has 1 aromatic carbocycles. The van der Waals surface area contributed by atoms with Crippen LogP contribution < -0.4 is 0 Å². The SMILES string of the molecule is COC(=O)c1ccc(CCN2C(=O)SC=CN2CCC(Cc2cccc(C=Cc3ccsc3)c2)O[Si](C)(C)C(C)(C)C)s1. The minimum atomic E-state index is -2.04. The summed E-state index contributed by atoms with van der Waals surface area (Å²) in [5, 5.41) is 10.0. The van der Waals surface area contributed by atoms with Gasteiger partial charge in [0, 0.05) is 30.6 Å². The average molecular weight is 655 g/mol. The van der Waals surface area contributed by atoms with E-state index >= 15 is 0 Å². The Kier molecular flexibility index (Phi) is 11.5. The van der Waals surface area contributed by atoms with Crippen LogP contribution in [-0.2, 0) is 22.0 Å². The molecular formula is C33H42N2O4S3Si. The van der Waals surface area contributed by atoms with Crippen LogP contribution >= 0.6 is 34.4 Å². The number of hydrogen-bond donors (Lipinski definition) is 0. The summed E-state index contributed by atoms with van der Waals surface area (Å²) >= 11 is 4.31. The Bertz CT molecular complexity index is 1430. The lowest BCUT2D eigenvalue weighted by Gasteiger charge is -2.41. The van der Waals surface area contributed by atoms with Crippen molar-refractivity contribution in [3.05, 3.63) is 91.3 Å². The summed E-state index contributed by atoms with van der Waals surface area (Å²) in [6.07, 6.45) is 8.56. The molecule has 0 N–H and O–H groups in total. The van der Waals surface area contributed by atoms with E-state index in [0.717, 1.165) is 17.7 Å². The van der Waals surface area contributed by atoms with Crippen molar-refractivity contribution in [2.45, 2.75) is 64.3 Å². The van der Waals surface area contributed by atoms with E-state index in [4.69, 9.17) is 9.16 Å². The van der Waals surface area contributed by atoms with Gasteiger partial charge in [-0.2, -0.15) is 11.3 Å². The molecule has 10 heteroatoms. The first-order valence-corrected chi connectivity index (χ1v) is 20.1. The van der Waals surface area contributed by atoms with E-state index < -0.39 is 8.32 Å². The fourth-order valence-corrected chi connectivity index (χ4v) is 8.05. The Labute approximate surface area is 269 Å². The Morgan fingerprint density at radius 2 is 1.86 bits per heavy atom. The van der Waals surface area contributed by atoms with Gasteiger partial charge in [0.15, 0.2) is 8.32 Å². The molecule has 3 aromatic rings. The van der Waals surface area contributed by atoms with Crippen molar-refractivity contribution in [3.63, 3.8) is 0 Å². The molecule has 6 nitrogen and oxygen atoms in total. The van der Waals surface area contributed by atoms with E-state index in [1.54, 1.807) is 22.4 Å². The van der Waals surface area contributed by atoms with Crippen LogP contribution in [0.3, 0.4) is 0 Å². The van der Waals surface area contributed by atoms with Crippen molar-refractivity contribution in [2.75, 3.05) is 20.2 Å². The zero-order valence-corrected chi connectivity index (χ0v) is 29.3. The maximum atomic E-state index is 13.0. The maximum absolute atomic E-state index is 13.0. The van der Waals surface area contributed by atoms with Crippen LogP contribution in [0.1, 0.15) is 58.4 Å². The summed E-state index contributed by atoms with van der Waals surface area (Å²) in [6.45, 7) is 12.6. The number of hydrazine groups is 1. The average Bonchev–Trinajstić information content (AvgIpc) is 3.66. The topological polar surface area (TPSA) is 59.1 Å². The van der Waals surface area contributed by atoms with Gasteiger partial charge in [-0.25, -0.2) is 9.80 Å². The van der Waals surface area contributed by atoms with Gasteiger partial charge >= 0.3 is 11.2 Å². The monoisotopic (exact) mass is 654 g/mol. The molecule has 2 aromatic heterocycles. The summed E-state index contributed by atoms with van der Waals surface area (Å²) in [7, 11) is -0.657. The van der Waals surface area contributed by atoms with E-state index in [1.165, 1.54) is 46.9 Å². The molecular weight excluding hydrogens is 613 g/mol. The highest BCUT2D eigenvalue weighted by atomic mass is 32.2. The third-order valence-corrected chi connectivity index (χ3v) is 14.9. The minimum Gasteiger partial charge on any atom is -0.465 e. The molecule has 4 rings (SSSR count). The fraction of sp³-hybridized carbons (Fsp3) is 0.394. The number of nitrogens with zero attached hydrogens (tertiary/aromatic N) is 2. The van der Waals surface area contributed by atoms with Crippen LogP contribution in [-0.4, -0.2) is 55.8 Å². The highest BCUT2D eigenvalue weighted by Crippen LogP contribution is 2.38. The molecule has 1 aliphatic heterocycles. The predicted octanol–water partition coefficient (Wildman–Crippen LogP) is 9.19. The molecule has 1 aliphatic rings. The standard InChI is InChI=1S/C33H42N2O4S3Si/c1-33(2,3)43(5,6)39-28(23-27-9-7-8-25(22-27)10-11-26-16-20-40-24-26)14-17-34-19-21-41-32(37)35(34)18-15-29-12-13-30(42-29)31(36)38-4/h7-13,16,19-22,24,28H,14-15,17-18,23H2,1-6H3. The van der Waals surface area contributed by atoms with Crippen LogP contribution in [0.4, 0.5) is 4.79 Å². The number of carbonyl (C=O) groups excluding carboxylic acids is 2. The molecule has 3 heterocycles. The molecule has 0 radical (unpaired) electrons. The summed E-state index contributed by atoms with van der Waals surface area (Å²) < 4.78 is 11.8. The second-order valence-corrected chi connectivity index (χ2v) is 19.7. The van der Waals surface area contributed by atoms with Crippen molar-refractivity contribution in [1.29, 1.82) is 0 Å². The van der Waals surface area contributed by atoms with Gasteiger partial charge in [0.1, 0.15) is 4.88 Å². The lowest BCUT2D eigenvalue weighted by Crippen LogP contribution is -2.47. The molecule has 0 spiro atoms. The second kappa shape index (κ2) is 14.9. The molecule has 0 saturated carbocycles. The van der Waals surface area contributed by atoms with Gasteiger partial charge in [-0.15, -0.1) is 11.3 Å². The third kappa shape index (κ3) is 9.43. The molecule has 1 amide bonds. The van der Waals surface area contributed by atoms with E-state index in [9.17, 15) is 9.59 Å². The van der Waals surface area contributed by atoms with Crippen molar-refractivity contribution in [3.8, 4) is 0 Å². The van der Waals surface area contributed by atoms with E-state index in [-0.39, 0.29) is 22.4 Å². The smallest absolute Gasteiger partial charge is 0.348 e. The lowest BCUT2D eigenvalue weighted by atomic mass is 10.0. The summed E-state index contributed by atoms with van der Waals surface area (Å²) in [5.41, 5.74) is 3.63. The van der Waals surface area contributed by atoms with Gasteiger partial charge in [0.05, 0.1) is 13.2 Å². The maximum Gasteiger partial charge on any atom is 0.348 e. The second-order valence-electron chi connectivity index (χ2n) is 12.1. The number of esters is 1. The van der Waals surface area contributed by atoms with Gasteiger partial charge in [-0.1, -0.05) is 57.2 Å². The number of rotatable bonds is 13. The number of thioether (sulfide) groups is 1. The molecule has 0 saturated heterocycles. The first-order valence-electron chi connectivity index (χ1n) is 14.5. The largest absolute Gasteiger partial charge is 0.465 e. The van der Waals surface area contributed by atoms with Gasteiger partial charge in [-0.3, -0.25) is 9.80 Å². The zero-order chi connectivity index (χ0) is 31.0. The Hall–Kier alpha value is -2.63. The minimum absolute atomic E-state index is 0.000719. The summed E-state index contributed by atoms with van der Waals surface area (Å²) in [6, 6.07) is 14.5. The van der Waals surface area contributed by atoms with E-state index in [0.29, 0.717) is 24.4 Å². The first-order chi connectivity index (χ1) is 20.4. The summed E-state index contributed by atoms with van der Waals surface area (Å²) in [4.78, 5) is 26.4. The number of ether oxygens (including phenoxy) is 1. The zero-order valence-electron chi connectivity index (χ0n) is 25.9. The quantitative estimate of drug-likeness (QED) is 0.135. The fourth-order valence-electron chi connectivity index (χ4n) is 4.48.